The van der Waals surface area contributed by atoms with Gasteiger partial charge >= 0.3 is 39.5 Å². The van der Waals surface area contributed by atoms with E-state index in [2.05, 4.69) is 55.4 Å². The zero-order valence-electron chi connectivity index (χ0n) is 65.1. The van der Waals surface area contributed by atoms with E-state index in [1.807, 2.05) is 0 Å². The number of carbonyl (C=O) groups is 4. The molecule has 0 heterocycles. The molecule has 0 aromatic heterocycles. The number of esters is 4. The van der Waals surface area contributed by atoms with E-state index >= 15 is 0 Å². The molecule has 0 aromatic carbocycles. The van der Waals surface area contributed by atoms with Crippen LogP contribution in [-0.4, -0.2) is 96.7 Å². The molecule has 0 aromatic rings. The van der Waals surface area contributed by atoms with E-state index in [0.717, 1.165) is 114 Å². The lowest BCUT2D eigenvalue weighted by Crippen LogP contribution is -2.30. The first-order valence-corrected chi connectivity index (χ1v) is 44.2. The minimum atomic E-state index is -4.96. The summed E-state index contributed by atoms with van der Waals surface area (Å²) in [5.41, 5.74) is 0. The van der Waals surface area contributed by atoms with Crippen molar-refractivity contribution in [3.63, 3.8) is 0 Å². The Kier molecular flexibility index (Phi) is 67.8. The quantitative estimate of drug-likeness (QED) is 0.0222. The molecular weight excluding hydrogens is 1290 g/mol. The number of hydrogen-bond acceptors (Lipinski definition) is 15. The second-order valence-corrected chi connectivity index (χ2v) is 33.4. The molecule has 0 spiro atoms. The number of unbranched alkanes of at least 4 members (excludes halogenated alkanes) is 42. The molecular formula is C80H156O17P2. The number of ether oxygens (including phenoxy) is 4. The number of aliphatic hydroxyl groups is 1. The van der Waals surface area contributed by atoms with Crippen molar-refractivity contribution in [3.05, 3.63) is 0 Å². The molecule has 4 unspecified atom stereocenters. The summed E-state index contributed by atoms with van der Waals surface area (Å²) < 4.78 is 68.6. The summed E-state index contributed by atoms with van der Waals surface area (Å²) in [6.45, 7) is 14.2. The Balaban J connectivity index is 5.21. The Morgan fingerprint density at radius 3 is 0.717 bits per heavy atom. The predicted octanol–water partition coefficient (Wildman–Crippen LogP) is 23.6. The lowest BCUT2D eigenvalue weighted by molar-refractivity contribution is -0.161. The molecule has 3 N–H and O–H groups in total. The van der Waals surface area contributed by atoms with Crippen molar-refractivity contribution in [1.29, 1.82) is 0 Å². The molecule has 6 atom stereocenters. The van der Waals surface area contributed by atoms with Crippen LogP contribution in [0.4, 0.5) is 0 Å². The third kappa shape index (κ3) is 72.8. The van der Waals surface area contributed by atoms with Crippen molar-refractivity contribution in [1.82, 2.24) is 0 Å². The largest absolute Gasteiger partial charge is 0.472 e. The van der Waals surface area contributed by atoms with Crippen LogP contribution in [-0.2, 0) is 65.4 Å². The van der Waals surface area contributed by atoms with E-state index < -0.39 is 97.5 Å². The summed E-state index contributed by atoms with van der Waals surface area (Å²) in [6.07, 6.45) is 55.6. The van der Waals surface area contributed by atoms with Crippen LogP contribution in [0.25, 0.3) is 0 Å². The maximum atomic E-state index is 13.1. The van der Waals surface area contributed by atoms with Crippen molar-refractivity contribution in [3.8, 4) is 0 Å². The topological polar surface area (TPSA) is 237 Å². The van der Waals surface area contributed by atoms with Gasteiger partial charge in [0.25, 0.3) is 0 Å². The summed E-state index contributed by atoms with van der Waals surface area (Å²) >= 11 is 0. The van der Waals surface area contributed by atoms with E-state index in [4.69, 9.17) is 37.0 Å². The molecule has 0 saturated carbocycles. The van der Waals surface area contributed by atoms with Crippen molar-refractivity contribution in [2.24, 2.45) is 23.7 Å². The van der Waals surface area contributed by atoms with E-state index in [1.54, 1.807) is 0 Å². The van der Waals surface area contributed by atoms with E-state index in [9.17, 15) is 43.2 Å². The van der Waals surface area contributed by atoms with Crippen LogP contribution in [0.5, 0.6) is 0 Å². The van der Waals surface area contributed by atoms with Crippen molar-refractivity contribution in [2.75, 3.05) is 39.6 Å². The van der Waals surface area contributed by atoms with Gasteiger partial charge < -0.3 is 33.8 Å². The smallest absolute Gasteiger partial charge is 0.462 e. The average molecular weight is 1450 g/mol. The van der Waals surface area contributed by atoms with Crippen LogP contribution in [0.2, 0.25) is 0 Å². The molecule has 0 fully saturated rings. The molecule has 99 heavy (non-hydrogen) atoms. The van der Waals surface area contributed by atoms with Gasteiger partial charge in [-0.15, -0.1) is 0 Å². The van der Waals surface area contributed by atoms with Gasteiger partial charge in [0.2, 0.25) is 0 Å². The van der Waals surface area contributed by atoms with Crippen LogP contribution in [0.15, 0.2) is 0 Å². The number of aliphatic hydroxyl groups excluding tert-OH is 1. The highest BCUT2D eigenvalue weighted by Crippen LogP contribution is 2.45. The Morgan fingerprint density at radius 2 is 0.485 bits per heavy atom. The van der Waals surface area contributed by atoms with E-state index in [1.165, 1.54) is 205 Å². The van der Waals surface area contributed by atoms with Crippen molar-refractivity contribution < 1.29 is 80.2 Å². The van der Waals surface area contributed by atoms with Crippen LogP contribution in [0, 0.1) is 23.7 Å². The lowest BCUT2D eigenvalue weighted by Gasteiger charge is -2.21. The monoisotopic (exact) mass is 1450 g/mol. The molecule has 0 aliphatic heterocycles. The second-order valence-electron chi connectivity index (χ2n) is 30.5. The highest BCUT2D eigenvalue weighted by atomic mass is 31.2. The lowest BCUT2D eigenvalue weighted by atomic mass is 9.99. The van der Waals surface area contributed by atoms with Crippen LogP contribution < -0.4 is 0 Å². The van der Waals surface area contributed by atoms with Gasteiger partial charge in [0, 0.05) is 25.7 Å². The Labute approximate surface area is 607 Å². The summed E-state index contributed by atoms with van der Waals surface area (Å²) in [4.78, 5) is 72.9. The van der Waals surface area contributed by atoms with Gasteiger partial charge in [-0.3, -0.25) is 37.3 Å². The third-order valence-corrected chi connectivity index (χ3v) is 20.8. The van der Waals surface area contributed by atoms with Crippen LogP contribution in [0.1, 0.15) is 409 Å². The molecule has 17 nitrogen and oxygen atoms in total. The Bertz CT molecular complexity index is 1940. The first kappa shape index (κ1) is 97.1. The molecule has 588 valence electrons. The highest BCUT2D eigenvalue weighted by Gasteiger charge is 2.30. The average Bonchev–Trinajstić information content (AvgIpc) is 1.00. The number of carbonyl (C=O) groups excluding carboxylic acids is 4. The number of hydrogen-bond donors (Lipinski definition) is 3. The van der Waals surface area contributed by atoms with Crippen molar-refractivity contribution >= 4 is 39.5 Å². The van der Waals surface area contributed by atoms with E-state index in [0.29, 0.717) is 31.6 Å². The molecule has 19 heteroatoms. The van der Waals surface area contributed by atoms with Crippen LogP contribution >= 0.6 is 15.6 Å². The van der Waals surface area contributed by atoms with Gasteiger partial charge in [0.15, 0.2) is 12.2 Å². The molecule has 0 aliphatic rings. The highest BCUT2D eigenvalue weighted by molar-refractivity contribution is 7.47. The van der Waals surface area contributed by atoms with Gasteiger partial charge in [-0.2, -0.15) is 0 Å². The van der Waals surface area contributed by atoms with Crippen LogP contribution in [0.3, 0.4) is 0 Å². The first-order chi connectivity index (χ1) is 47.6. The van der Waals surface area contributed by atoms with Gasteiger partial charge in [-0.05, 0) is 49.4 Å². The Hall–Kier alpha value is -1.94. The SMILES string of the molecule is CCC(C)CCCCCCCCCCCCCCCCC(=O)OC[C@H](COP(=O)(O)OCC(O)COP(=O)(O)OC[C@@H](COC(=O)CCCCCCCCC(C)C)OC(=O)CCCCCCCCCCCCCCCCCC(C)C)OC(=O)CCCCCCCCCCCCCC(C)C. The second kappa shape index (κ2) is 69.1. The zero-order valence-corrected chi connectivity index (χ0v) is 66.9. The Morgan fingerprint density at radius 1 is 0.283 bits per heavy atom. The van der Waals surface area contributed by atoms with Gasteiger partial charge in [0.05, 0.1) is 26.4 Å². The minimum absolute atomic E-state index is 0.106. The fraction of sp³-hybridized carbons (Fsp3) is 0.950. The van der Waals surface area contributed by atoms with Crippen molar-refractivity contribution in [2.45, 2.75) is 427 Å². The number of phosphoric acid groups is 2. The standard InChI is InChI=1S/C80H156O17P2/c1-9-73(8)59-51-43-34-28-22-16-13-14-17-23-29-35-44-52-60-77(82)90-66-75(96-80(85)63-55-47-37-31-25-19-21-27-33-41-49-57-71(4)5)68-94-98(86,87)92-64-74(81)65-93-99(88,89)95-69-76(67-91-78(83)61-53-45-39-38-42-50-58-72(6)7)97-79(84)62-54-46-36-30-24-18-12-10-11-15-20-26-32-40-48-56-70(2)3/h70-76,81H,9-69H2,1-8H3,(H,86,87)(H,88,89)/t73?,74?,75-,76-/m1/s1. The molecule has 0 aliphatic carbocycles. The maximum absolute atomic E-state index is 13.1. The molecule has 0 amide bonds. The van der Waals surface area contributed by atoms with E-state index in [-0.39, 0.29) is 25.7 Å². The zero-order chi connectivity index (χ0) is 73.1. The molecule has 0 saturated heterocycles. The number of phosphoric ester groups is 2. The molecule has 0 radical (unpaired) electrons. The van der Waals surface area contributed by atoms with Gasteiger partial charge in [-0.25, -0.2) is 9.13 Å². The summed E-state index contributed by atoms with van der Waals surface area (Å²) in [6, 6.07) is 0. The summed E-state index contributed by atoms with van der Waals surface area (Å²) in [7, 11) is -9.92. The number of rotatable bonds is 77. The predicted molar refractivity (Wildman–Crippen MR) is 404 cm³/mol. The minimum Gasteiger partial charge on any atom is -0.462 e. The van der Waals surface area contributed by atoms with Gasteiger partial charge in [0.1, 0.15) is 19.3 Å². The fourth-order valence-corrected chi connectivity index (χ4v) is 13.8. The third-order valence-electron chi connectivity index (χ3n) is 18.9. The fourth-order valence-electron chi connectivity index (χ4n) is 12.2. The maximum Gasteiger partial charge on any atom is 0.472 e. The first-order valence-electron chi connectivity index (χ1n) is 41.2. The summed E-state index contributed by atoms with van der Waals surface area (Å²) in [5.74, 6) is 0.980. The molecule has 0 bridgehead atoms. The summed E-state index contributed by atoms with van der Waals surface area (Å²) in [5, 5.41) is 10.6. The molecule has 0 rings (SSSR count). The van der Waals surface area contributed by atoms with Gasteiger partial charge in [-0.1, -0.05) is 357 Å². The normalized spacial score (nSPS) is 14.3.